The molecular formula is C20H22ClN5O4. The van der Waals surface area contributed by atoms with Crippen molar-refractivity contribution >= 4 is 29.4 Å². The zero-order valence-corrected chi connectivity index (χ0v) is 17.1. The Morgan fingerprint density at radius 1 is 1.20 bits per heavy atom. The lowest BCUT2D eigenvalue weighted by atomic mass is 10.2. The fourth-order valence-electron chi connectivity index (χ4n) is 2.59. The summed E-state index contributed by atoms with van der Waals surface area (Å²) in [7, 11) is 0. The van der Waals surface area contributed by atoms with Crippen molar-refractivity contribution in [3.8, 4) is 0 Å². The van der Waals surface area contributed by atoms with Crippen molar-refractivity contribution in [2.24, 2.45) is 5.10 Å². The van der Waals surface area contributed by atoms with Crippen LogP contribution in [0.25, 0.3) is 0 Å². The summed E-state index contributed by atoms with van der Waals surface area (Å²) in [6, 6.07) is 16.0. The van der Waals surface area contributed by atoms with Gasteiger partial charge in [-0.05, 0) is 23.8 Å². The molecule has 0 spiro atoms. The number of hydrogen-bond donors (Lipinski definition) is 2. The normalized spacial score (nSPS) is 12.9. The largest absolute Gasteiger partial charge is 0.453 e. The van der Waals surface area contributed by atoms with Crippen molar-refractivity contribution in [1.29, 1.82) is 0 Å². The predicted octanol–water partition coefficient (Wildman–Crippen LogP) is 2.49. The molecule has 158 valence electrons. The minimum absolute atomic E-state index is 0.0155. The highest BCUT2D eigenvalue weighted by molar-refractivity contribution is 6.31. The lowest BCUT2D eigenvalue weighted by Gasteiger charge is -2.22. The number of hydrogen-bond acceptors (Lipinski definition) is 6. The Morgan fingerprint density at radius 2 is 1.93 bits per heavy atom. The van der Waals surface area contributed by atoms with Crippen LogP contribution in [0.15, 0.2) is 59.7 Å². The number of urea groups is 1. The van der Waals surface area contributed by atoms with Crippen LogP contribution in [0.2, 0.25) is 5.02 Å². The summed E-state index contributed by atoms with van der Waals surface area (Å²) in [4.78, 5) is 29.1. The number of rotatable bonds is 8. The van der Waals surface area contributed by atoms with E-state index in [1.165, 1.54) is 11.9 Å². The van der Waals surface area contributed by atoms with E-state index < -0.39 is 6.03 Å². The van der Waals surface area contributed by atoms with Crippen LogP contribution in [-0.2, 0) is 20.9 Å². The van der Waals surface area contributed by atoms with E-state index in [1.807, 2.05) is 48.5 Å². The molecule has 0 saturated carbocycles. The average molecular weight is 432 g/mol. The Labute approximate surface area is 179 Å². The number of amides is 3. The van der Waals surface area contributed by atoms with Crippen LogP contribution in [-0.4, -0.2) is 47.7 Å². The Bertz CT molecular complexity index is 909. The van der Waals surface area contributed by atoms with Gasteiger partial charge in [0.2, 0.25) is 11.8 Å². The first-order valence-corrected chi connectivity index (χ1v) is 9.63. The highest BCUT2D eigenvalue weighted by Crippen LogP contribution is 2.14. The van der Waals surface area contributed by atoms with Crippen LogP contribution in [0.5, 0.6) is 0 Å². The van der Waals surface area contributed by atoms with Crippen molar-refractivity contribution in [1.82, 2.24) is 20.9 Å². The maximum absolute atomic E-state index is 12.1. The van der Waals surface area contributed by atoms with E-state index in [0.717, 1.165) is 16.1 Å². The summed E-state index contributed by atoms with van der Waals surface area (Å²) in [5.41, 5.74) is 6.92. The van der Waals surface area contributed by atoms with E-state index >= 15 is 0 Å². The highest BCUT2D eigenvalue weighted by Gasteiger charge is 2.23. The van der Waals surface area contributed by atoms with Gasteiger partial charge in [0.1, 0.15) is 0 Å². The number of benzene rings is 2. The van der Waals surface area contributed by atoms with E-state index in [-0.39, 0.29) is 25.8 Å². The molecule has 0 unspecified atom stereocenters. The highest BCUT2D eigenvalue weighted by atomic mass is 35.5. The van der Waals surface area contributed by atoms with Crippen molar-refractivity contribution in [3.63, 3.8) is 0 Å². The molecule has 2 aromatic rings. The van der Waals surface area contributed by atoms with Gasteiger partial charge in [-0.25, -0.2) is 15.7 Å². The van der Waals surface area contributed by atoms with Gasteiger partial charge < -0.3 is 4.74 Å². The molecule has 0 atom stereocenters. The summed E-state index contributed by atoms with van der Waals surface area (Å²) >= 11 is 6.12. The molecule has 0 saturated heterocycles. The van der Waals surface area contributed by atoms with Gasteiger partial charge in [-0.1, -0.05) is 48.0 Å². The molecule has 0 bridgehead atoms. The number of halogens is 1. The van der Waals surface area contributed by atoms with Gasteiger partial charge in [-0.15, -0.1) is 5.10 Å². The molecule has 10 heteroatoms. The SMILES string of the molecule is CC(=O)N(CCONC(=O)N1COC(c2ccccc2)=N1)NCc1ccccc1Cl. The van der Waals surface area contributed by atoms with E-state index in [2.05, 4.69) is 16.0 Å². The second-order valence-electron chi connectivity index (χ2n) is 6.30. The van der Waals surface area contributed by atoms with E-state index in [4.69, 9.17) is 21.2 Å². The lowest BCUT2D eigenvalue weighted by molar-refractivity contribution is -0.133. The second kappa shape index (κ2) is 10.6. The third kappa shape index (κ3) is 5.93. The minimum Gasteiger partial charge on any atom is -0.453 e. The molecule has 0 fully saturated rings. The zero-order chi connectivity index (χ0) is 21.3. The maximum Gasteiger partial charge on any atom is 0.364 e. The molecule has 1 aliphatic rings. The molecule has 1 aliphatic heterocycles. The monoisotopic (exact) mass is 431 g/mol. The van der Waals surface area contributed by atoms with Crippen molar-refractivity contribution in [2.45, 2.75) is 13.5 Å². The molecule has 1 heterocycles. The van der Waals surface area contributed by atoms with Gasteiger partial charge in [0, 0.05) is 24.1 Å². The van der Waals surface area contributed by atoms with Gasteiger partial charge in [-0.3, -0.25) is 14.6 Å². The predicted molar refractivity (Wildman–Crippen MR) is 111 cm³/mol. The molecule has 9 nitrogen and oxygen atoms in total. The molecule has 30 heavy (non-hydrogen) atoms. The second-order valence-corrected chi connectivity index (χ2v) is 6.70. The Kier molecular flexibility index (Phi) is 7.61. The first-order chi connectivity index (χ1) is 14.5. The number of carbonyl (C=O) groups excluding carboxylic acids is 2. The fourth-order valence-corrected chi connectivity index (χ4v) is 2.79. The summed E-state index contributed by atoms with van der Waals surface area (Å²) in [5, 5.41) is 7.23. The summed E-state index contributed by atoms with van der Waals surface area (Å²) in [5.74, 6) is 0.166. The zero-order valence-electron chi connectivity index (χ0n) is 16.4. The smallest absolute Gasteiger partial charge is 0.364 e. The van der Waals surface area contributed by atoms with Crippen molar-refractivity contribution in [2.75, 3.05) is 19.9 Å². The maximum atomic E-state index is 12.1. The van der Waals surface area contributed by atoms with Crippen molar-refractivity contribution < 1.29 is 19.2 Å². The van der Waals surface area contributed by atoms with Gasteiger partial charge in [-0.2, -0.15) is 5.01 Å². The summed E-state index contributed by atoms with van der Waals surface area (Å²) in [6.45, 7) is 2.09. The quantitative estimate of drug-likeness (QED) is 0.494. The van der Waals surface area contributed by atoms with Gasteiger partial charge in [0.05, 0.1) is 13.2 Å². The third-order valence-corrected chi connectivity index (χ3v) is 4.53. The van der Waals surface area contributed by atoms with Crippen LogP contribution >= 0.6 is 11.6 Å². The minimum atomic E-state index is -0.570. The molecule has 0 aliphatic carbocycles. The molecule has 2 N–H and O–H groups in total. The number of carbonyl (C=O) groups is 2. The number of hydrazone groups is 1. The average Bonchev–Trinajstić information content (AvgIpc) is 3.25. The topological polar surface area (TPSA) is 95.5 Å². The number of hydrazine groups is 1. The van der Waals surface area contributed by atoms with E-state index in [9.17, 15) is 9.59 Å². The number of ether oxygens (including phenoxy) is 1. The number of nitrogens with zero attached hydrogens (tertiary/aromatic N) is 3. The summed E-state index contributed by atoms with van der Waals surface area (Å²) in [6.07, 6.45) is 0. The summed E-state index contributed by atoms with van der Waals surface area (Å²) < 4.78 is 5.42. The third-order valence-electron chi connectivity index (χ3n) is 4.17. The van der Waals surface area contributed by atoms with Crippen LogP contribution in [0.3, 0.4) is 0 Å². The molecule has 3 rings (SSSR count). The van der Waals surface area contributed by atoms with Crippen LogP contribution in [0.4, 0.5) is 4.79 Å². The first-order valence-electron chi connectivity index (χ1n) is 9.25. The first kappa shape index (κ1) is 21.6. The molecule has 0 radical (unpaired) electrons. The van der Waals surface area contributed by atoms with Gasteiger partial charge in [0.25, 0.3) is 0 Å². The Balaban J connectivity index is 1.41. The van der Waals surface area contributed by atoms with Gasteiger partial charge in [0.15, 0.2) is 6.73 Å². The van der Waals surface area contributed by atoms with Crippen LogP contribution < -0.4 is 10.9 Å². The number of nitrogens with one attached hydrogen (secondary N) is 2. The lowest BCUT2D eigenvalue weighted by Crippen LogP contribution is -2.44. The van der Waals surface area contributed by atoms with Crippen molar-refractivity contribution in [3.05, 3.63) is 70.7 Å². The fraction of sp³-hybridized carbons (Fsp3) is 0.250. The standard InChI is InChI=1S/C20H22ClN5O4/c1-15(27)25(22-13-17-9-5-6-10-18(17)21)11-12-30-24-20(28)26-14-29-19(23-26)16-7-3-2-4-8-16/h2-10,22H,11-14H2,1H3,(H,24,28). The van der Waals surface area contributed by atoms with Crippen LogP contribution in [0.1, 0.15) is 18.1 Å². The molecular weight excluding hydrogens is 410 g/mol. The van der Waals surface area contributed by atoms with E-state index in [1.54, 1.807) is 6.07 Å². The Hall–Kier alpha value is -3.14. The molecule has 2 aromatic carbocycles. The van der Waals surface area contributed by atoms with Crippen LogP contribution in [0, 0.1) is 0 Å². The van der Waals surface area contributed by atoms with Gasteiger partial charge >= 0.3 is 6.03 Å². The molecule has 0 aromatic heterocycles. The number of hydroxylamine groups is 1. The van der Waals surface area contributed by atoms with E-state index in [0.29, 0.717) is 17.5 Å². The Morgan fingerprint density at radius 3 is 2.67 bits per heavy atom. The molecule has 3 amide bonds.